The molecule has 0 bridgehead atoms. The lowest BCUT2D eigenvalue weighted by atomic mass is 10.1. The third kappa shape index (κ3) is 4.83. The maximum Gasteiger partial charge on any atom is 0.319 e. The number of benzene rings is 2. The summed E-state index contributed by atoms with van der Waals surface area (Å²) in [4.78, 5) is 14.7. The fourth-order valence-electron chi connectivity index (χ4n) is 3.21. The molecule has 156 valence electrons. The fourth-order valence-corrected chi connectivity index (χ4v) is 4.43. The maximum absolute atomic E-state index is 12.7. The van der Waals surface area contributed by atoms with Gasteiger partial charge in [0.1, 0.15) is 0 Å². The first-order valence-corrected chi connectivity index (χ1v) is 11.8. The Morgan fingerprint density at radius 2 is 1.59 bits per heavy atom. The van der Waals surface area contributed by atoms with Gasteiger partial charge >= 0.3 is 6.03 Å². The Kier molecular flexibility index (Phi) is 7.00. The average Bonchev–Trinajstić information content (AvgIpc) is 3.02. The molecule has 0 unspecified atom stereocenters. The van der Waals surface area contributed by atoms with Crippen LogP contribution in [0.1, 0.15) is 19.4 Å². The van der Waals surface area contributed by atoms with Crippen molar-refractivity contribution < 1.29 is 14.3 Å². The fraction of sp³-hybridized carbons (Fsp3) is 0.381. The number of carbonyl (C=O) groups excluding carboxylic acids is 1. The number of hydrogen-bond acceptors (Lipinski definition) is 6. The molecule has 1 saturated heterocycles. The highest BCUT2D eigenvalue weighted by molar-refractivity contribution is 7.99. The summed E-state index contributed by atoms with van der Waals surface area (Å²) in [6.07, 6.45) is 3.78. The molecule has 2 atom stereocenters. The van der Waals surface area contributed by atoms with Crippen molar-refractivity contribution >= 4 is 40.9 Å². The van der Waals surface area contributed by atoms with Crippen LogP contribution in [0, 0.1) is 0 Å². The highest BCUT2D eigenvalue weighted by Crippen LogP contribution is 2.38. The number of amides is 2. The van der Waals surface area contributed by atoms with E-state index in [-0.39, 0.29) is 24.8 Å². The minimum Gasteiger partial charge on any atom is -0.399 e. The van der Waals surface area contributed by atoms with Crippen LogP contribution in [-0.2, 0) is 15.3 Å². The van der Waals surface area contributed by atoms with Gasteiger partial charge in [-0.15, -0.1) is 23.5 Å². The average molecular weight is 434 g/mol. The van der Waals surface area contributed by atoms with Crippen LogP contribution in [0.25, 0.3) is 0 Å². The van der Waals surface area contributed by atoms with E-state index in [9.17, 15) is 4.79 Å². The summed E-state index contributed by atoms with van der Waals surface area (Å²) in [7, 11) is 0. The number of nitrogen functional groups attached to an aromatic ring is 1. The van der Waals surface area contributed by atoms with Crippen molar-refractivity contribution in [1.82, 2.24) is 5.32 Å². The van der Waals surface area contributed by atoms with Crippen LogP contribution in [0.2, 0.25) is 0 Å². The van der Waals surface area contributed by atoms with Crippen molar-refractivity contribution in [3.05, 3.63) is 48.0 Å². The largest absolute Gasteiger partial charge is 0.399 e. The van der Waals surface area contributed by atoms with E-state index in [0.717, 1.165) is 21.0 Å². The summed E-state index contributed by atoms with van der Waals surface area (Å²) in [6.45, 7) is 4.10. The molecular formula is C21H27N3O3S2. The van der Waals surface area contributed by atoms with Crippen molar-refractivity contribution in [3.63, 3.8) is 0 Å². The lowest BCUT2D eigenvalue weighted by molar-refractivity contribution is -0.176. The monoisotopic (exact) mass is 433 g/mol. The third-order valence-corrected chi connectivity index (χ3v) is 6.47. The highest BCUT2D eigenvalue weighted by Gasteiger charge is 2.45. The minimum atomic E-state index is -1.05. The number of ether oxygens (including phenoxy) is 2. The molecule has 0 aromatic heterocycles. The van der Waals surface area contributed by atoms with Gasteiger partial charge < -0.3 is 25.8 Å². The summed E-state index contributed by atoms with van der Waals surface area (Å²) in [5.41, 5.74) is 8.10. The standard InChI is InChI=1S/C21H27N3O3S2/c1-13-14(2)27-21(26-13,15-8-10-16(22)11-9-15)12-23-20(25)24-19-17(28-3)6-5-7-18(19)29-4/h5-11,13-14H,12,22H2,1-4H3,(H2,23,24,25)/t13-,14-/m1/s1. The normalized spacial score (nSPS) is 20.4. The van der Waals surface area contributed by atoms with Gasteiger partial charge in [0.15, 0.2) is 0 Å². The van der Waals surface area contributed by atoms with E-state index in [2.05, 4.69) is 10.6 Å². The van der Waals surface area contributed by atoms with E-state index in [1.54, 1.807) is 35.7 Å². The molecule has 8 heteroatoms. The van der Waals surface area contributed by atoms with Gasteiger partial charge in [-0.1, -0.05) is 18.2 Å². The SMILES string of the molecule is CSc1cccc(SC)c1NC(=O)NCC1(c2ccc(N)cc2)O[C@H](C)[C@@H](C)O1. The lowest BCUT2D eigenvalue weighted by Crippen LogP contribution is -2.43. The Morgan fingerprint density at radius 1 is 1.03 bits per heavy atom. The van der Waals surface area contributed by atoms with Crippen molar-refractivity contribution in [2.45, 2.75) is 41.6 Å². The number of hydrogen-bond donors (Lipinski definition) is 3. The third-order valence-electron chi connectivity index (χ3n) is 4.91. The van der Waals surface area contributed by atoms with Crippen LogP contribution >= 0.6 is 23.5 Å². The summed E-state index contributed by atoms with van der Waals surface area (Å²) >= 11 is 3.18. The molecule has 1 heterocycles. The van der Waals surface area contributed by atoms with Gasteiger partial charge in [0, 0.05) is 21.0 Å². The molecule has 0 radical (unpaired) electrons. The Bertz CT molecular complexity index is 828. The number of urea groups is 1. The Labute approximate surface area is 180 Å². The lowest BCUT2D eigenvalue weighted by Gasteiger charge is -2.29. The molecule has 0 aliphatic carbocycles. The molecule has 2 aromatic rings. The van der Waals surface area contributed by atoms with E-state index >= 15 is 0 Å². The van der Waals surface area contributed by atoms with Gasteiger partial charge in [0.25, 0.3) is 0 Å². The van der Waals surface area contributed by atoms with Gasteiger partial charge in [-0.3, -0.25) is 0 Å². The zero-order chi connectivity index (χ0) is 21.0. The van der Waals surface area contributed by atoms with Crippen LogP contribution in [-0.4, -0.2) is 37.3 Å². The summed E-state index contributed by atoms with van der Waals surface area (Å²) in [5.74, 6) is -1.05. The van der Waals surface area contributed by atoms with Crippen LogP contribution in [0.3, 0.4) is 0 Å². The minimum absolute atomic E-state index is 0.0993. The molecular weight excluding hydrogens is 406 g/mol. The van der Waals surface area contributed by atoms with E-state index in [1.807, 2.05) is 56.7 Å². The molecule has 3 rings (SSSR count). The van der Waals surface area contributed by atoms with E-state index in [4.69, 9.17) is 15.2 Å². The number of para-hydroxylation sites is 1. The first kappa shape index (κ1) is 21.8. The van der Waals surface area contributed by atoms with Gasteiger partial charge in [-0.05, 0) is 50.6 Å². The molecule has 0 saturated carbocycles. The Balaban J connectivity index is 1.77. The maximum atomic E-state index is 12.7. The predicted molar refractivity (Wildman–Crippen MR) is 121 cm³/mol. The van der Waals surface area contributed by atoms with Crippen molar-refractivity contribution in [2.24, 2.45) is 0 Å². The number of nitrogens with two attached hydrogens (primary N) is 1. The first-order chi connectivity index (χ1) is 13.9. The predicted octanol–water partition coefficient (Wildman–Crippen LogP) is 4.51. The zero-order valence-electron chi connectivity index (χ0n) is 17.0. The first-order valence-electron chi connectivity index (χ1n) is 9.36. The molecule has 4 N–H and O–H groups in total. The second kappa shape index (κ2) is 9.30. The second-order valence-corrected chi connectivity index (χ2v) is 8.56. The molecule has 1 aliphatic rings. The molecule has 2 aromatic carbocycles. The Morgan fingerprint density at radius 3 is 2.10 bits per heavy atom. The molecule has 29 heavy (non-hydrogen) atoms. The van der Waals surface area contributed by atoms with Crippen LogP contribution in [0.15, 0.2) is 52.3 Å². The highest BCUT2D eigenvalue weighted by atomic mass is 32.2. The van der Waals surface area contributed by atoms with E-state index in [1.165, 1.54) is 0 Å². The quantitative estimate of drug-likeness (QED) is 0.459. The van der Waals surface area contributed by atoms with Crippen LogP contribution in [0.5, 0.6) is 0 Å². The van der Waals surface area contributed by atoms with Crippen molar-refractivity contribution in [2.75, 3.05) is 30.1 Å². The topological polar surface area (TPSA) is 85.6 Å². The van der Waals surface area contributed by atoms with Gasteiger partial charge in [-0.25, -0.2) is 4.79 Å². The van der Waals surface area contributed by atoms with Crippen molar-refractivity contribution in [1.29, 1.82) is 0 Å². The number of rotatable bonds is 6. The molecule has 1 fully saturated rings. The Hall–Kier alpha value is -1.87. The summed E-state index contributed by atoms with van der Waals surface area (Å²) in [5, 5.41) is 5.90. The number of anilines is 2. The molecule has 0 spiro atoms. The van der Waals surface area contributed by atoms with Gasteiger partial charge in [0.2, 0.25) is 5.79 Å². The zero-order valence-corrected chi connectivity index (χ0v) is 18.7. The molecule has 6 nitrogen and oxygen atoms in total. The van der Waals surface area contributed by atoms with Crippen LogP contribution in [0.4, 0.5) is 16.2 Å². The van der Waals surface area contributed by atoms with E-state index < -0.39 is 5.79 Å². The molecule has 2 amide bonds. The van der Waals surface area contributed by atoms with E-state index in [0.29, 0.717) is 5.69 Å². The van der Waals surface area contributed by atoms with Crippen molar-refractivity contribution in [3.8, 4) is 0 Å². The number of nitrogens with one attached hydrogen (secondary N) is 2. The number of carbonyl (C=O) groups is 1. The smallest absolute Gasteiger partial charge is 0.319 e. The van der Waals surface area contributed by atoms with Gasteiger partial charge in [-0.2, -0.15) is 0 Å². The summed E-state index contributed by atoms with van der Waals surface area (Å²) in [6, 6.07) is 13.0. The summed E-state index contributed by atoms with van der Waals surface area (Å²) < 4.78 is 12.3. The molecule has 1 aliphatic heterocycles. The number of thioether (sulfide) groups is 2. The van der Waals surface area contributed by atoms with Gasteiger partial charge in [0.05, 0.1) is 24.4 Å². The second-order valence-electron chi connectivity index (χ2n) is 6.87. The van der Waals surface area contributed by atoms with Crippen LogP contribution < -0.4 is 16.4 Å².